The average Bonchev–Trinajstić information content (AvgIpc) is 3.32. The number of thioether (sulfide) groups is 1. The summed E-state index contributed by atoms with van der Waals surface area (Å²) < 4.78 is 11.4. The molecule has 0 atom stereocenters. The molecule has 4 rings (SSSR count). The van der Waals surface area contributed by atoms with Gasteiger partial charge in [-0.15, -0.1) is 0 Å². The van der Waals surface area contributed by atoms with Crippen molar-refractivity contribution in [2.45, 2.75) is 6.92 Å². The first-order valence-electron chi connectivity index (χ1n) is 9.20. The van der Waals surface area contributed by atoms with Crippen LogP contribution in [0.4, 0.5) is 5.69 Å². The zero-order chi connectivity index (χ0) is 22.1. The number of hydrogen-bond donors (Lipinski definition) is 0. The Kier molecular flexibility index (Phi) is 6.00. The predicted octanol–water partition coefficient (Wildman–Crippen LogP) is 6.22. The first kappa shape index (κ1) is 21.4. The molecule has 1 fully saturated rings. The summed E-state index contributed by atoms with van der Waals surface area (Å²) in [5, 5.41) is 0.393. The minimum atomic E-state index is -0.250. The van der Waals surface area contributed by atoms with Gasteiger partial charge in [0.2, 0.25) is 0 Å². The van der Waals surface area contributed by atoms with Gasteiger partial charge in [0.1, 0.15) is 17.3 Å². The van der Waals surface area contributed by atoms with Gasteiger partial charge in [-0.25, -0.2) is 0 Å². The molecule has 31 heavy (non-hydrogen) atoms. The predicted molar refractivity (Wildman–Crippen MR) is 128 cm³/mol. The monoisotopic (exact) mass is 469 g/mol. The number of ether oxygens (including phenoxy) is 1. The van der Waals surface area contributed by atoms with Crippen LogP contribution in [0.1, 0.15) is 23.0 Å². The summed E-state index contributed by atoms with van der Waals surface area (Å²) in [6.45, 7) is 1.52. The third-order valence-corrected chi connectivity index (χ3v) is 6.26. The zero-order valence-electron chi connectivity index (χ0n) is 16.5. The van der Waals surface area contributed by atoms with Crippen LogP contribution in [-0.4, -0.2) is 23.1 Å². The molecule has 5 nitrogen and oxygen atoms in total. The summed E-state index contributed by atoms with van der Waals surface area (Å²) in [6.07, 6.45) is 1.66. The number of hydrogen-bond acceptors (Lipinski definition) is 6. The van der Waals surface area contributed by atoms with Gasteiger partial charge in [-0.05, 0) is 37.3 Å². The van der Waals surface area contributed by atoms with Gasteiger partial charge in [0.25, 0.3) is 5.91 Å². The highest BCUT2D eigenvalue weighted by molar-refractivity contribution is 8.27. The molecule has 2 aromatic carbocycles. The number of anilines is 1. The molecule has 1 aliphatic rings. The molecule has 156 valence electrons. The van der Waals surface area contributed by atoms with E-state index >= 15 is 0 Å². The second-order valence-corrected chi connectivity index (χ2v) is 8.75. The summed E-state index contributed by atoms with van der Waals surface area (Å²) in [7, 11) is 1.53. The van der Waals surface area contributed by atoms with Crippen molar-refractivity contribution < 1.29 is 18.7 Å². The Morgan fingerprint density at radius 1 is 1.16 bits per heavy atom. The van der Waals surface area contributed by atoms with Gasteiger partial charge in [0, 0.05) is 17.2 Å². The summed E-state index contributed by atoms with van der Waals surface area (Å²) >= 11 is 12.8. The van der Waals surface area contributed by atoms with E-state index in [1.165, 1.54) is 30.7 Å². The molecular weight excluding hydrogens is 454 g/mol. The SMILES string of the molecule is COc1ccc(N2C(=O)/C(=C\c3ccc(-c4ccc(C(C)=O)cc4)o3)SC2=S)cc1Cl. The Labute approximate surface area is 193 Å². The van der Waals surface area contributed by atoms with Crippen LogP contribution in [0.25, 0.3) is 17.4 Å². The first-order chi connectivity index (χ1) is 14.9. The van der Waals surface area contributed by atoms with Crippen molar-refractivity contribution in [3.8, 4) is 17.1 Å². The molecule has 0 aliphatic carbocycles. The van der Waals surface area contributed by atoms with Gasteiger partial charge in [0.15, 0.2) is 10.1 Å². The Morgan fingerprint density at radius 2 is 1.90 bits per heavy atom. The maximum atomic E-state index is 13.0. The van der Waals surface area contributed by atoms with E-state index in [2.05, 4.69) is 0 Å². The third kappa shape index (κ3) is 4.30. The van der Waals surface area contributed by atoms with E-state index in [0.717, 1.165) is 5.56 Å². The van der Waals surface area contributed by atoms with E-state index in [1.54, 1.807) is 42.5 Å². The topological polar surface area (TPSA) is 59.8 Å². The fraction of sp³-hybridized carbons (Fsp3) is 0.0870. The van der Waals surface area contributed by atoms with E-state index in [-0.39, 0.29) is 11.7 Å². The van der Waals surface area contributed by atoms with Gasteiger partial charge < -0.3 is 9.15 Å². The molecule has 1 amide bonds. The van der Waals surface area contributed by atoms with Crippen molar-refractivity contribution in [1.29, 1.82) is 0 Å². The number of halogens is 1. The van der Waals surface area contributed by atoms with Gasteiger partial charge in [-0.1, -0.05) is 59.8 Å². The number of amides is 1. The Morgan fingerprint density at radius 3 is 2.55 bits per heavy atom. The molecule has 0 spiro atoms. The summed E-state index contributed by atoms with van der Waals surface area (Å²) in [5.74, 6) is 1.44. The van der Waals surface area contributed by atoms with Crippen molar-refractivity contribution in [1.82, 2.24) is 0 Å². The number of Topliss-reactive ketones (excluding diaryl/α,β-unsaturated/α-hetero) is 1. The molecule has 0 bridgehead atoms. The van der Waals surface area contributed by atoms with E-state index < -0.39 is 0 Å². The number of rotatable bonds is 5. The van der Waals surface area contributed by atoms with Crippen LogP contribution in [0.15, 0.2) is 63.9 Å². The van der Waals surface area contributed by atoms with Crippen LogP contribution >= 0.6 is 35.6 Å². The lowest BCUT2D eigenvalue weighted by molar-refractivity contribution is -0.113. The molecule has 8 heteroatoms. The molecule has 3 aromatic rings. The third-order valence-electron chi connectivity index (χ3n) is 4.66. The zero-order valence-corrected chi connectivity index (χ0v) is 18.9. The van der Waals surface area contributed by atoms with Gasteiger partial charge >= 0.3 is 0 Å². The van der Waals surface area contributed by atoms with E-state index in [9.17, 15) is 9.59 Å². The maximum Gasteiger partial charge on any atom is 0.270 e. The first-order valence-corrected chi connectivity index (χ1v) is 10.8. The second-order valence-electron chi connectivity index (χ2n) is 6.67. The second kappa shape index (κ2) is 8.70. The minimum absolute atomic E-state index is 0.00635. The standard InChI is InChI=1S/C23H16ClNO4S2/c1-13(26)14-3-5-15(6-4-14)19-10-8-17(29-19)12-21-22(27)25(23(30)31-21)16-7-9-20(28-2)18(24)11-16/h3-12H,1-2H3/b21-12+. The highest BCUT2D eigenvalue weighted by atomic mass is 35.5. The molecule has 2 heterocycles. The molecule has 0 N–H and O–H groups in total. The summed E-state index contributed by atoms with van der Waals surface area (Å²) in [6, 6.07) is 15.8. The van der Waals surface area contributed by atoms with E-state index in [4.69, 9.17) is 33.0 Å². The van der Waals surface area contributed by atoms with Crippen molar-refractivity contribution in [3.05, 3.63) is 75.8 Å². The Hall–Kier alpha value is -2.87. The van der Waals surface area contributed by atoms with Crippen molar-refractivity contribution in [2.75, 3.05) is 12.0 Å². The highest BCUT2D eigenvalue weighted by Gasteiger charge is 2.34. The lowest BCUT2D eigenvalue weighted by Gasteiger charge is -2.15. The fourth-order valence-electron chi connectivity index (χ4n) is 3.07. The van der Waals surface area contributed by atoms with E-state index in [0.29, 0.717) is 42.8 Å². The van der Waals surface area contributed by atoms with Gasteiger partial charge in [-0.3, -0.25) is 14.5 Å². The van der Waals surface area contributed by atoms with Gasteiger partial charge in [0.05, 0.1) is 22.7 Å². The molecular formula is C23H16ClNO4S2. The smallest absolute Gasteiger partial charge is 0.270 e. The van der Waals surface area contributed by atoms with E-state index in [1.807, 2.05) is 18.2 Å². The van der Waals surface area contributed by atoms with Crippen molar-refractivity contribution in [3.63, 3.8) is 0 Å². The molecule has 1 saturated heterocycles. The largest absolute Gasteiger partial charge is 0.495 e. The quantitative estimate of drug-likeness (QED) is 0.251. The molecule has 1 aromatic heterocycles. The number of thiocarbonyl (C=S) groups is 1. The van der Waals surface area contributed by atoms with Gasteiger partial charge in [-0.2, -0.15) is 0 Å². The fourth-order valence-corrected chi connectivity index (χ4v) is 4.60. The average molecular weight is 470 g/mol. The molecule has 0 radical (unpaired) electrons. The number of ketones is 1. The van der Waals surface area contributed by atoms with Crippen LogP contribution in [0.3, 0.4) is 0 Å². The summed E-state index contributed by atoms with van der Waals surface area (Å²) in [4.78, 5) is 26.3. The van der Waals surface area contributed by atoms with Crippen LogP contribution in [-0.2, 0) is 4.79 Å². The van der Waals surface area contributed by atoms with Crippen LogP contribution < -0.4 is 9.64 Å². The number of carbonyl (C=O) groups excluding carboxylic acids is 2. The molecule has 0 unspecified atom stereocenters. The Bertz CT molecular complexity index is 1230. The van der Waals surface area contributed by atoms with Crippen molar-refractivity contribution in [2.24, 2.45) is 0 Å². The lowest BCUT2D eigenvalue weighted by atomic mass is 10.1. The maximum absolute atomic E-state index is 13.0. The van der Waals surface area contributed by atoms with Crippen molar-refractivity contribution >= 4 is 63.4 Å². The lowest BCUT2D eigenvalue weighted by Crippen LogP contribution is -2.27. The number of nitrogens with zero attached hydrogens (tertiary/aromatic N) is 1. The summed E-state index contributed by atoms with van der Waals surface area (Å²) in [5.41, 5.74) is 2.05. The van der Waals surface area contributed by atoms with Crippen LogP contribution in [0, 0.1) is 0 Å². The number of benzene rings is 2. The van der Waals surface area contributed by atoms with Crippen LogP contribution in [0.5, 0.6) is 5.75 Å². The van der Waals surface area contributed by atoms with Crippen LogP contribution in [0.2, 0.25) is 5.02 Å². The Balaban J connectivity index is 1.57. The number of furan rings is 1. The minimum Gasteiger partial charge on any atom is -0.495 e. The normalized spacial score (nSPS) is 15.1. The number of methoxy groups -OCH3 is 1. The molecule has 1 aliphatic heterocycles. The molecule has 0 saturated carbocycles. The number of carbonyl (C=O) groups is 2. The highest BCUT2D eigenvalue weighted by Crippen LogP contribution is 2.38.